The SMILES string of the molecule is OC(CSc1cccc(Cl)c1)c1cc(F)c(F)c(F)c1. The molecule has 0 spiro atoms. The van der Waals surface area contributed by atoms with Crippen molar-refractivity contribution in [3.8, 4) is 0 Å². The van der Waals surface area contributed by atoms with Gasteiger partial charge in [0, 0.05) is 15.7 Å². The maximum Gasteiger partial charge on any atom is 0.194 e. The Hall–Kier alpha value is -1.17. The van der Waals surface area contributed by atoms with Gasteiger partial charge in [0.2, 0.25) is 0 Å². The Morgan fingerprint density at radius 2 is 1.75 bits per heavy atom. The van der Waals surface area contributed by atoms with E-state index in [9.17, 15) is 18.3 Å². The Labute approximate surface area is 123 Å². The second kappa shape index (κ2) is 6.52. The lowest BCUT2D eigenvalue weighted by Gasteiger charge is -2.11. The first-order valence-electron chi connectivity index (χ1n) is 5.68. The molecule has 2 aromatic carbocycles. The molecule has 1 nitrogen and oxygen atoms in total. The van der Waals surface area contributed by atoms with Gasteiger partial charge in [-0.25, -0.2) is 13.2 Å². The van der Waals surface area contributed by atoms with Crippen LogP contribution in [0.15, 0.2) is 41.3 Å². The van der Waals surface area contributed by atoms with Gasteiger partial charge in [0.05, 0.1) is 6.10 Å². The standard InChI is InChI=1S/C14H10ClF3OS/c15-9-2-1-3-10(6-9)20-7-13(19)8-4-11(16)14(18)12(17)5-8/h1-6,13,19H,7H2. The van der Waals surface area contributed by atoms with Crippen LogP contribution in [0.2, 0.25) is 5.02 Å². The average molecular weight is 319 g/mol. The van der Waals surface area contributed by atoms with Gasteiger partial charge in [-0.3, -0.25) is 0 Å². The summed E-state index contributed by atoms with van der Waals surface area (Å²) in [6.45, 7) is 0. The number of halogens is 4. The van der Waals surface area contributed by atoms with Gasteiger partial charge >= 0.3 is 0 Å². The molecule has 0 radical (unpaired) electrons. The fourth-order valence-corrected chi connectivity index (χ4v) is 2.78. The molecule has 0 saturated carbocycles. The van der Waals surface area contributed by atoms with Crippen LogP contribution in [-0.2, 0) is 0 Å². The molecular formula is C14H10ClF3OS. The summed E-state index contributed by atoms with van der Waals surface area (Å²) in [6.07, 6.45) is -1.11. The Morgan fingerprint density at radius 1 is 1.10 bits per heavy atom. The molecule has 2 aromatic rings. The minimum atomic E-state index is -1.54. The quantitative estimate of drug-likeness (QED) is 0.657. The van der Waals surface area contributed by atoms with E-state index in [4.69, 9.17) is 11.6 Å². The minimum absolute atomic E-state index is 0.00377. The van der Waals surface area contributed by atoms with Crippen LogP contribution in [0.5, 0.6) is 0 Å². The number of aliphatic hydroxyl groups excluding tert-OH is 1. The van der Waals surface area contributed by atoms with Crippen LogP contribution in [0.25, 0.3) is 0 Å². The first-order valence-corrected chi connectivity index (χ1v) is 7.04. The van der Waals surface area contributed by atoms with E-state index >= 15 is 0 Å². The first-order chi connectivity index (χ1) is 9.47. The van der Waals surface area contributed by atoms with Crippen molar-refractivity contribution in [2.24, 2.45) is 0 Å². The third-order valence-corrected chi connectivity index (χ3v) is 3.90. The summed E-state index contributed by atoms with van der Waals surface area (Å²) in [7, 11) is 0. The van der Waals surface area contributed by atoms with Crippen LogP contribution in [-0.4, -0.2) is 10.9 Å². The highest BCUT2D eigenvalue weighted by molar-refractivity contribution is 7.99. The number of benzene rings is 2. The number of rotatable bonds is 4. The molecule has 20 heavy (non-hydrogen) atoms. The van der Waals surface area contributed by atoms with Crippen molar-refractivity contribution < 1.29 is 18.3 Å². The molecule has 0 aliphatic carbocycles. The van der Waals surface area contributed by atoms with Gasteiger partial charge in [-0.15, -0.1) is 11.8 Å². The van der Waals surface area contributed by atoms with Crippen LogP contribution in [0.3, 0.4) is 0 Å². The molecule has 0 aliphatic rings. The smallest absolute Gasteiger partial charge is 0.194 e. The Kier molecular flexibility index (Phi) is 4.96. The fourth-order valence-electron chi connectivity index (χ4n) is 1.60. The van der Waals surface area contributed by atoms with Gasteiger partial charge in [-0.2, -0.15) is 0 Å². The molecule has 0 aromatic heterocycles. The molecule has 0 fully saturated rings. The van der Waals surface area contributed by atoms with Gasteiger partial charge in [0.25, 0.3) is 0 Å². The van der Waals surface area contributed by atoms with Crippen molar-refractivity contribution in [1.29, 1.82) is 0 Å². The Morgan fingerprint density at radius 3 is 2.35 bits per heavy atom. The van der Waals surface area contributed by atoms with Gasteiger partial charge in [-0.1, -0.05) is 17.7 Å². The zero-order valence-electron chi connectivity index (χ0n) is 10.1. The Bertz CT molecular complexity index is 598. The van der Waals surface area contributed by atoms with Crippen molar-refractivity contribution in [3.05, 3.63) is 64.4 Å². The zero-order chi connectivity index (χ0) is 14.7. The molecule has 6 heteroatoms. The molecular weight excluding hydrogens is 309 g/mol. The van der Waals surface area contributed by atoms with Gasteiger partial charge in [-0.05, 0) is 35.9 Å². The summed E-state index contributed by atoms with van der Waals surface area (Å²) in [5.41, 5.74) is -0.00377. The van der Waals surface area contributed by atoms with E-state index in [0.717, 1.165) is 17.0 Å². The molecule has 0 bridgehead atoms. The summed E-state index contributed by atoms with van der Waals surface area (Å²) in [6, 6.07) is 8.57. The fraction of sp³-hybridized carbons (Fsp3) is 0.143. The molecule has 0 amide bonds. The highest BCUT2D eigenvalue weighted by Gasteiger charge is 2.15. The number of hydrogen-bond acceptors (Lipinski definition) is 2. The Balaban J connectivity index is 2.07. The van der Waals surface area contributed by atoms with Gasteiger partial charge in [0.15, 0.2) is 17.5 Å². The maximum atomic E-state index is 13.1. The summed E-state index contributed by atoms with van der Waals surface area (Å²) in [5.74, 6) is -3.99. The predicted molar refractivity (Wildman–Crippen MR) is 73.5 cm³/mol. The van der Waals surface area contributed by atoms with Crippen LogP contribution in [0, 0.1) is 17.5 Å². The minimum Gasteiger partial charge on any atom is -0.388 e. The molecule has 2 rings (SSSR count). The van der Waals surface area contributed by atoms with E-state index in [1.54, 1.807) is 24.3 Å². The predicted octanol–water partition coefficient (Wildman–Crippen LogP) is 4.58. The topological polar surface area (TPSA) is 20.2 Å². The average Bonchev–Trinajstić information content (AvgIpc) is 2.41. The summed E-state index contributed by atoms with van der Waals surface area (Å²) in [4.78, 5) is 0.819. The van der Waals surface area contributed by atoms with Crippen molar-refractivity contribution in [2.45, 2.75) is 11.0 Å². The summed E-state index contributed by atoms with van der Waals surface area (Å²) >= 11 is 7.10. The second-order valence-electron chi connectivity index (χ2n) is 4.08. The van der Waals surface area contributed by atoms with E-state index in [0.29, 0.717) is 5.02 Å². The molecule has 1 unspecified atom stereocenters. The van der Waals surface area contributed by atoms with Crippen LogP contribution < -0.4 is 0 Å². The summed E-state index contributed by atoms with van der Waals surface area (Å²) in [5, 5.41) is 10.4. The summed E-state index contributed by atoms with van der Waals surface area (Å²) < 4.78 is 39.0. The van der Waals surface area contributed by atoms with E-state index in [1.807, 2.05) is 0 Å². The lowest BCUT2D eigenvalue weighted by molar-refractivity contribution is 0.202. The lowest BCUT2D eigenvalue weighted by Crippen LogP contribution is -2.04. The third-order valence-electron chi connectivity index (χ3n) is 2.59. The van der Waals surface area contributed by atoms with E-state index in [1.165, 1.54) is 11.8 Å². The van der Waals surface area contributed by atoms with Crippen LogP contribution >= 0.6 is 23.4 Å². The van der Waals surface area contributed by atoms with E-state index < -0.39 is 23.6 Å². The lowest BCUT2D eigenvalue weighted by atomic mass is 10.1. The van der Waals surface area contributed by atoms with Gasteiger partial charge in [0.1, 0.15) is 0 Å². The zero-order valence-corrected chi connectivity index (χ0v) is 11.7. The second-order valence-corrected chi connectivity index (χ2v) is 5.61. The van der Waals surface area contributed by atoms with E-state index in [2.05, 4.69) is 0 Å². The third kappa shape index (κ3) is 3.69. The van der Waals surface area contributed by atoms with Crippen LogP contribution in [0.1, 0.15) is 11.7 Å². The number of thioether (sulfide) groups is 1. The molecule has 0 heterocycles. The molecule has 0 saturated heterocycles. The van der Waals surface area contributed by atoms with Gasteiger partial charge < -0.3 is 5.11 Å². The largest absolute Gasteiger partial charge is 0.388 e. The maximum absolute atomic E-state index is 13.1. The molecule has 1 atom stereocenters. The molecule has 106 valence electrons. The highest BCUT2D eigenvalue weighted by atomic mass is 35.5. The van der Waals surface area contributed by atoms with E-state index in [-0.39, 0.29) is 11.3 Å². The molecule has 1 N–H and O–H groups in total. The van der Waals surface area contributed by atoms with Crippen molar-refractivity contribution in [3.63, 3.8) is 0 Å². The van der Waals surface area contributed by atoms with Crippen molar-refractivity contribution >= 4 is 23.4 Å². The van der Waals surface area contributed by atoms with Crippen molar-refractivity contribution in [2.75, 3.05) is 5.75 Å². The number of hydrogen-bond donors (Lipinski definition) is 1. The number of aliphatic hydroxyl groups is 1. The normalized spacial score (nSPS) is 12.4. The van der Waals surface area contributed by atoms with Crippen molar-refractivity contribution in [1.82, 2.24) is 0 Å². The van der Waals surface area contributed by atoms with Crippen LogP contribution in [0.4, 0.5) is 13.2 Å². The monoisotopic (exact) mass is 318 g/mol. The first kappa shape index (κ1) is 15.2. The highest BCUT2D eigenvalue weighted by Crippen LogP contribution is 2.27. The molecule has 0 aliphatic heterocycles.